The van der Waals surface area contributed by atoms with Gasteiger partial charge in [0.2, 0.25) is 0 Å². The molecule has 5 aromatic carbocycles. The van der Waals surface area contributed by atoms with Gasteiger partial charge in [0.1, 0.15) is 0 Å². The predicted molar refractivity (Wildman–Crippen MR) is 322 cm³/mol. The first-order valence-corrected chi connectivity index (χ1v) is 26.8. The minimum absolute atomic E-state index is 0. The molecule has 1 N–H and O–H groups in total. The van der Waals surface area contributed by atoms with E-state index in [1.807, 2.05) is 127 Å². The summed E-state index contributed by atoms with van der Waals surface area (Å²) in [5.41, 5.74) is 8.24. The highest BCUT2D eigenvalue weighted by Crippen LogP contribution is 2.26. The van der Waals surface area contributed by atoms with Gasteiger partial charge in [0.15, 0.2) is 0 Å². The summed E-state index contributed by atoms with van der Waals surface area (Å²) in [7, 11) is 6.45. The fourth-order valence-electron chi connectivity index (χ4n) is 10.3. The Kier molecular flexibility index (Phi) is 24.2. The van der Waals surface area contributed by atoms with Gasteiger partial charge in [0.25, 0.3) is 11.8 Å². The molecule has 9 rings (SSSR count). The summed E-state index contributed by atoms with van der Waals surface area (Å²) in [5, 5.41) is 3.31. The number of nitrogens with one attached hydrogen (secondary N) is 1. The molecule has 0 bridgehead atoms. The van der Waals surface area contributed by atoms with Gasteiger partial charge in [-0.15, -0.1) is 0 Å². The summed E-state index contributed by atoms with van der Waals surface area (Å²) < 4.78 is 12.6. The van der Waals surface area contributed by atoms with Gasteiger partial charge in [0.05, 0.1) is 22.9 Å². The first-order chi connectivity index (χ1) is 34.7. The lowest BCUT2D eigenvalue weighted by atomic mass is 10.0. The Morgan fingerprint density at radius 3 is 1.33 bits per heavy atom. The average Bonchev–Trinajstić information content (AvgIpc) is 4.29. The molecule has 13 nitrogen and oxygen atoms in total. The zero-order valence-electron chi connectivity index (χ0n) is 43.9. The molecule has 16 heteroatoms. The molecule has 4 heterocycles. The van der Waals surface area contributed by atoms with Crippen LogP contribution in [0.15, 0.2) is 132 Å². The van der Waals surface area contributed by atoms with Crippen LogP contribution in [0.4, 0.5) is 9.59 Å². The average molecular weight is 1090 g/mol. The number of likely N-dealkylation sites (N-methyl/N-ethyl adjacent to an activating group) is 4. The van der Waals surface area contributed by atoms with Crippen LogP contribution in [0.3, 0.4) is 0 Å². The quantitative estimate of drug-likeness (QED) is 0.132. The summed E-state index contributed by atoms with van der Waals surface area (Å²) >= 11 is 0. The van der Waals surface area contributed by atoms with Crippen molar-refractivity contribution in [3.63, 3.8) is 0 Å². The Hall–Kier alpha value is -5.65. The van der Waals surface area contributed by atoms with Crippen LogP contribution >= 0.6 is 27.0 Å². The third kappa shape index (κ3) is 15.5. The van der Waals surface area contributed by atoms with Crippen molar-refractivity contribution in [2.75, 3.05) is 92.8 Å². The Balaban J connectivity index is 0.000000323. The van der Waals surface area contributed by atoms with Crippen LogP contribution in [0.5, 0.6) is 0 Å². The molecule has 0 radical (unpaired) electrons. The number of carbonyl (C=O) groups excluding carboxylic acids is 4. The van der Waals surface area contributed by atoms with Gasteiger partial charge in [-0.2, -0.15) is 27.0 Å². The Morgan fingerprint density at radius 2 is 0.908 bits per heavy atom. The minimum atomic E-state index is -1.01. The third-order valence-electron chi connectivity index (χ3n) is 15.2. The van der Waals surface area contributed by atoms with Gasteiger partial charge in [0, 0.05) is 114 Å². The van der Waals surface area contributed by atoms with E-state index in [2.05, 4.69) is 72.6 Å². The number of aryl methyl sites for hydroxylation is 2. The summed E-state index contributed by atoms with van der Waals surface area (Å²) in [5.74, 6) is 0.576. The Labute approximate surface area is 470 Å². The Bertz CT molecular complexity index is 2660. The highest BCUT2D eigenvalue weighted by atomic mass is 32.2. The topological polar surface area (TPSA) is 120 Å². The van der Waals surface area contributed by atoms with Crippen molar-refractivity contribution in [1.82, 2.24) is 39.6 Å². The first kappa shape index (κ1) is 62.9. The number of benzene rings is 5. The molecule has 3 unspecified atom stereocenters. The maximum atomic E-state index is 13.4. The molecule has 5 aromatic rings. The lowest BCUT2D eigenvalue weighted by Crippen LogP contribution is -2.47. The van der Waals surface area contributed by atoms with Gasteiger partial charge in [-0.3, -0.25) is 13.8 Å². The monoisotopic (exact) mass is 1090 g/mol. The van der Waals surface area contributed by atoms with Crippen molar-refractivity contribution in [2.24, 2.45) is 0 Å². The molecule has 0 spiro atoms. The van der Waals surface area contributed by atoms with Crippen molar-refractivity contribution in [3.05, 3.63) is 150 Å². The van der Waals surface area contributed by atoms with Crippen molar-refractivity contribution in [2.45, 2.75) is 83.4 Å². The third-order valence-corrected chi connectivity index (χ3v) is 16.6. The first-order valence-electron chi connectivity index (χ1n) is 25.5. The van der Waals surface area contributed by atoms with E-state index in [1.165, 1.54) is 11.1 Å². The predicted octanol–water partition coefficient (Wildman–Crippen LogP) is 9.46. The largest absolute Gasteiger partial charge is 0.337 e. The van der Waals surface area contributed by atoms with E-state index in [1.54, 1.807) is 9.80 Å². The van der Waals surface area contributed by atoms with Gasteiger partial charge in [-0.25, -0.2) is 9.59 Å². The maximum absolute atomic E-state index is 13.4. The normalized spacial score (nSPS) is 19.1. The lowest BCUT2D eigenvalue weighted by molar-refractivity contribution is 0.0727. The van der Waals surface area contributed by atoms with E-state index < -0.39 is 10.8 Å². The second kappa shape index (κ2) is 29.2. The lowest BCUT2D eigenvalue weighted by Gasteiger charge is -2.30. The smallest absolute Gasteiger partial charge is 0.320 e. The van der Waals surface area contributed by atoms with E-state index in [0.29, 0.717) is 43.1 Å². The molecule has 5 atom stereocenters. The fourth-order valence-corrected chi connectivity index (χ4v) is 11.4. The van der Waals surface area contributed by atoms with Crippen molar-refractivity contribution in [1.29, 1.82) is 0 Å². The van der Waals surface area contributed by atoms with Crippen LogP contribution in [0.2, 0.25) is 0 Å². The number of likely N-dealkylation sites (tertiary alicyclic amines) is 3. The van der Waals surface area contributed by atoms with Crippen LogP contribution in [-0.4, -0.2) is 179 Å². The second-order valence-corrected chi connectivity index (χ2v) is 21.6. The molecule has 0 aromatic heterocycles. The van der Waals surface area contributed by atoms with Crippen LogP contribution < -0.4 is 5.32 Å². The number of amides is 6. The molecular weight excluding hydrogens is 1010 g/mol. The molecule has 76 heavy (non-hydrogen) atoms. The summed E-state index contributed by atoms with van der Waals surface area (Å²) in [6, 6.07) is 42.4. The van der Waals surface area contributed by atoms with Gasteiger partial charge in [-0.1, -0.05) is 117 Å². The molecule has 4 saturated heterocycles. The standard InChI is InChI=1S/C33H40N4O3S.C25H32N4O2.2CH4.2H2S/c1-25-9-11-26(12-10-25)27-13-15-28(16-14-27)32(38)34(2)30-18-20-37(24-30)33(39)35(3)29-17-19-36(23-29)21-22-41(40)31-7-5-4-6-8-31;1-18-4-6-19(7-5-18)20-8-10-21(11-9-20)24(30)27(2)23-13-15-29(17-23)25(31)28(3)22-12-14-26-16-22;;;;/h4-16,29-30H,17-24H2,1-3H3;4-11,22-23,26H,12-17H2,1-3H3;2*1H4;2*1H2/t29?,30-,41?;22?,23-;;;;/m00..../s1. The Morgan fingerprint density at radius 1 is 0.513 bits per heavy atom. The maximum Gasteiger partial charge on any atom is 0.320 e. The van der Waals surface area contributed by atoms with E-state index in [0.717, 1.165) is 85.6 Å². The van der Waals surface area contributed by atoms with Gasteiger partial charge >= 0.3 is 12.1 Å². The number of urea groups is 2. The summed E-state index contributed by atoms with van der Waals surface area (Å²) in [6.07, 6.45) is 3.49. The van der Waals surface area contributed by atoms with E-state index in [-0.39, 0.29) is 89.9 Å². The molecule has 4 fully saturated rings. The molecule has 412 valence electrons. The number of hydrogen-bond donors (Lipinski definition) is 1. The minimum Gasteiger partial charge on any atom is -0.337 e. The SMILES string of the molecule is C.C.Cc1ccc(-c2ccc(C(=O)N(C)[C@H]3CCN(C(=O)N(C)C4CCN(CCS(=O)c5ccccc5)C4)C3)cc2)cc1.Cc1ccc(-c2ccc(C(=O)N(C)[C@H]3CCN(C(=O)N(C)C4CCNC4)C3)cc2)cc1.S.S. The number of nitrogens with zero attached hydrogens (tertiary/aromatic N) is 7. The second-order valence-electron chi connectivity index (χ2n) is 20.0. The molecule has 0 aliphatic carbocycles. The molecular formula is C60H84N8O5S3. The van der Waals surface area contributed by atoms with Crippen molar-refractivity contribution < 1.29 is 23.4 Å². The molecule has 4 aliphatic rings. The van der Waals surface area contributed by atoms with Crippen LogP contribution in [-0.2, 0) is 10.8 Å². The summed E-state index contributed by atoms with van der Waals surface area (Å²) in [6.45, 7) is 10.9. The van der Waals surface area contributed by atoms with Gasteiger partial charge < -0.3 is 39.6 Å². The molecule has 6 amide bonds. The van der Waals surface area contributed by atoms with E-state index >= 15 is 0 Å². The zero-order valence-corrected chi connectivity index (χ0v) is 46.7. The summed E-state index contributed by atoms with van der Waals surface area (Å²) in [4.78, 5) is 66.8. The fraction of sp³-hybridized carbons (Fsp3) is 0.433. The number of hydrogen-bond acceptors (Lipinski definition) is 7. The van der Waals surface area contributed by atoms with Crippen LogP contribution in [0, 0.1) is 13.8 Å². The van der Waals surface area contributed by atoms with E-state index in [4.69, 9.17) is 0 Å². The van der Waals surface area contributed by atoms with Crippen molar-refractivity contribution >= 4 is 61.7 Å². The number of rotatable bonds is 12. The highest BCUT2D eigenvalue weighted by molar-refractivity contribution is 7.85. The highest BCUT2D eigenvalue weighted by Gasteiger charge is 2.37. The molecule has 4 aliphatic heterocycles. The van der Waals surface area contributed by atoms with Gasteiger partial charge in [-0.05, 0) is 105 Å². The van der Waals surface area contributed by atoms with E-state index in [9.17, 15) is 23.4 Å². The molecule has 0 saturated carbocycles. The van der Waals surface area contributed by atoms with Crippen LogP contribution in [0.25, 0.3) is 22.3 Å². The van der Waals surface area contributed by atoms with Crippen LogP contribution in [0.1, 0.15) is 72.4 Å². The number of carbonyl (C=O) groups is 4. The zero-order chi connectivity index (χ0) is 50.9. The van der Waals surface area contributed by atoms with Crippen molar-refractivity contribution in [3.8, 4) is 22.3 Å².